The first-order valence-corrected chi connectivity index (χ1v) is 17.2. The van der Waals surface area contributed by atoms with Gasteiger partial charge in [0.05, 0.1) is 22.8 Å². The Morgan fingerprint density at radius 3 is 0.846 bits per heavy atom. The monoisotopic (exact) mass is 673 g/mol. The van der Waals surface area contributed by atoms with Crippen LogP contribution in [0.1, 0.15) is 22.3 Å². The Labute approximate surface area is 303 Å². The van der Waals surface area contributed by atoms with Gasteiger partial charge in [0.15, 0.2) is 17.5 Å². The topological polar surface area (TPSA) is 90.2 Å². The van der Waals surface area contributed by atoms with E-state index < -0.39 is 0 Å². The van der Waals surface area contributed by atoms with E-state index in [-0.39, 0.29) is 0 Å². The van der Waals surface area contributed by atoms with Gasteiger partial charge in [-0.05, 0) is 92.4 Å². The Balaban J connectivity index is 1.27. The number of pyridine rings is 4. The Morgan fingerprint density at radius 2 is 0.538 bits per heavy atom. The van der Waals surface area contributed by atoms with Crippen LogP contribution in [0.15, 0.2) is 140 Å². The van der Waals surface area contributed by atoms with E-state index in [2.05, 4.69) is 76.7 Å². The number of hydrogen-bond donors (Lipinski definition) is 0. The maximum Gasteiger partial charge on any atom is 0.164 e. The fourth-order valence-electron chi connectivity index (χ4n) is 5.95. The van der Waals surface area contributed by atoms with Gasteiger partial charge in [0.25, 0.3) is 0 Å². The third-order valence-corrected chi connectivity index (χ3v) is 8.94. The summed E-state index contributed by atoms with van der Waals surface area (Å²) in [6.45, 7) is 8.15. The Kier molecular flexibility index (Phi) is 8.67. The number of rotatable bonds is 7. The molecule has 3 aromatic carbocycles. The average molecular weight is 674 g/mol. The molecule has 0 atom stereocenters. The molecule has 5 heterocycles. The first kappa shape index (κ1) is 32.5. The average Bonchev–Trinajstić information content (AvgIpc) is 3.19. The first-order valence-electron chi connectivity index (χ1n) is 17.2. The van der Waals surface area contributed by atoms with Crippen molar-refractivity contribution in [2.45, 2.75) is 27.7 Å². The van der Waals surface area contributed by atoms with Gasteiger partial charge in [-0.15, -0.1) is 0 Å². The van der Waals surface area contributed by atoms with Gasteiger partial charge in [0.2, 0.25) is 0 Å². The van der Waals surface area contributed by atoms with Crippen LogP contribution in [0.5, 0.6) is 0 Å². The number of benzene rings is 3. The van der Waals surface area contributed by atoms with Gasteiger partial charge in [-0.3, -0.25) is 19.9 Å². The molecular formula is C45H35N7. The summed E-state index contributed by atoms with van der Waals surface area (Å²) in [7, 11) is 0. The Bertz CT molecular complexity index is 2320. The normalized spacial score (nSPS) is 11.1. The van der Waals surface area contributed by atoms with Crippen molar-refractivity contribution in [2.24, 2.45) is 0 Å². The highest BCUT2D eigenvalue weighted by Crippen LogP contribution is 2.33. The SMILES string of the molecule is Cc1ccc(-c2ccc(-c3nc(-c4ccc(-c5ccc(C)cn5)cc4)nc(-c4cc(-c5ccc(C)cn5)cc(-c5ccc(C)cn5)c4)n3)cc2)nc1. The zero-order valence-corrected chi connectivity index (χ0v) is 29.4. The summed E-state index contributed by atoms with van der Waals surface area (Å²) in [6, 6.07) is 39.2. The summed E-state index contributed by atoms with van der Waals surface area (Å²) < 4.78 is 0. The highest BCUT2D eigenvalue weighted by atomic mass is 15.0. The van der Waals surface area contributed by atoms with E-state index in [4.69, 9.17) is 24.9 Å². The molecule has 0 bridgehead atoms. The van der Waals surface area contributed by atoms with Crippen LogP contribution in [0.4, 0.5) is 0 Å². The lowest BCUT2D eigenvalue weighted by Gasteiger charge is -2.12. The minimum absolute atomic E-state index is 0.552. The number of nitrogens with zero attached hydrogens (tertiary/aromatic N) is 7. The molecular weight excluding hydrogens is 639 g/mol. The van der Waals surface area contributed by atoms with Crippen molar-refractivity contribution in [3.8, 4) is 79.2 Å². The summed E-state index contributed by atoms with van der Waals surface area (Å²) in [5.41, 5.74) is 14.5. The zero-order chi connectivity index (χ0) is 35.6. The van der Waals surface area contributed by atoms with Crippen molar-refractivity contribution >= 4 is 0 Å². The van der Waals surface area contributed by atoms with E-state index in [1.165, 1.54) is 0 Å². The summed E-state index contributed by atoms with van der Waals surface area (Å²) in [5.74, 6) is 1.69. The fraction of sp³-hybridized carbons (Fsp3) is 0.0889. The molecule has 0 aliphatic heterocycles. The molecule has 0 unspecified atom stereocenters. The van der Waals surface area contributed by atoms with Crippen LogP contribution in [-0.2, 0) is 0 Å². The Hall–Kier alpha value is -6.73. The highest BCUT2D eigenvalue weighted by molar-refractivity contribution is 5.79. The molecule has 250 valence electrons. The van der Waals surface area contributed by atoms with Crippen molar-refractivity contribution in [2.75, 3.05) is 0 Å². The minimum Gasteiger partial charge on any atom is -0.256 e. The van der Waals surface area contributed by atoms with E-state index in [1.54, 1.807) is 0 Å². The van der Waals surface area contributed by atoms with Crippen LogP contribution < -0.4 is 0 Å². The second kappa shape index (κ2) is 13.9. The number of aryl methyl sites for hydroxylation is 4. The van der Waals surface area contributed by atoms with Gasteiger partial charge in [-0.2, -0.15) is 0 Å². The van der Waals surface area contributed by atoms with Crippen LogP contribution in [-0.4, -0.2) is 34.9 Å². The number of aromatic nitrogens is 7. The minimum atomic E-state index is 0.552. The summed E-state index contributed by atoms with van der Waals surface area (Å²) in [6.07, 6.45) is 7.54. The van der Waals surface area contributed by atoms with Crippen molar-refractivity contribution in [3.05, 3.63) is 162 Å². The maximum atomic E-state index is 5.10. The quantitative estimate of drug-likeness (QED) is 0.166. The van der Waals surface area contributed by atoms with Crippen LogP contribution in [0.2, 0.25) is 0 Å². The van der Waals surface area contributed by atoms with Crippen molar-refractivity contribution < 1.29 is 0 Å². The third kappa shape index (κ3) is 6.98. The molecule has 0 aliphatic rings. The van der Waals surface area contributed by atoms with E-state index in [9.17, 15) is 0 Å². The molecule has 0 spiro atoms. The van der Waals surface area contributed by atoms with Gasteiger partial charge in [-0.1, -0.05) is 72.8 Å². The molecule has 0 amide bonds. The van der Waals surface area contributed by atoms with Gasteiger partial charge < -0.3 is 0 Å². The molecule has 52 heavy (non-hydrogen) atoms. The summed E-state index contributed by atoms with van der Waals surface area (Å²) >= 11 is 0. The van der Waals surface area contributed by atoms with Crippen molar-refractivity contribution in [3.63, 3.8) is 0 Å². The van der Waals surface area contributed by atoms with E-state index in [0.717, 1.165) is 84.0 Å². The van der Waals surface area contributed by atoms with E-state index in [0.29, 0.717) is 17.5 Å². The molecule has 8 aromatic rings. The first-order chi connectivity index (χ1) is 25.3. The number of hydrogen-bond acceptors (Lipinski definition) is 7. The third-order valence-electron chi connectivity index (χ3n) is 8.94. The van der Waals surface area contributed by atoms with Crippen LogP contribution in [0.25, 0.3) is 79.2 Å². The molecule has 7 heteroatoms. The second-order valence-corrected chi connectivity index (χ2v) is 13.1. The largest absolute Gasteiger partial charge is 0.256 e. The maximum absolute atomic E-state index is 5.10. The van der Waals surface area contributed by atoms with Gasteiger partial charge in [0, 0.05) is 63.7 Å². The summed E-state index contributed by atoms with van der Waals surface area (Å²) in [5, 5.41) is 0. The van der Waals surface area contributed by atoms with Gasteiger partial charge >= 0.3 is 0 Å². The van der Waals surface area contributed by atoms with Gasteiger partial charge in [-0.25, -0.2) is 15.0 Å². The zero-order valence-electron chi connectivity index (χ0n) is 29.4. The van der Waals surface area contributed by atoms with Crippen LogP contribution in [0.3, 0.4) is 0 Å². The van der Waals surface area contributed by atoms with E-state index in [1.807, 2.05) is 101 Å². The predicted molar refractivity (Wildman–Crippen MR) is 208 cm³/mol. The molecule has 0 saturated carbocycles. The lowest BCUT2D eigenvalue weighted by molar-refractivity contribution is 1.07. The van der Waals surface area contributed by atoms with Crippen LogP contribution in [0, 0.1) is 27.7 Å². The predicted octanol–water partition coefficient (Wildman–Crippen LogP) is 10.4. The van der Waals surface area contributed by atoms with E-state index >= 15 is 0 Å². The molecule has 0 saturated heterocycles. The molecule has 0 fully saturated rings. The standard InChI is InChI=1S/C45H35N7/c1-28-5-17-39(46-24-28)32-9-13-34(14-10-32)43-50-44(35-15-11-33(12-16-35)40-18-6-29(2)25-47-40)52-45(51-43)38-22-36(41-19-7-30(3)26-48-41)21-37(23-38)42-20-8-31(4)27-49-42/h5-27H,1-4H3. The van der Waals surface area contributed by atoms with Crippen molar-refractivity contribution in [1.82, 2.24) is 34.9 Å². The summed E-state index contributed by atoms with van der Waals surface area (Å²) in [4.78, 5) is 34.0. The molecule has 0 aliphatic carbocycles. The van der Waals surface area contributed by atoms with Crippen LogP contribution >= 0.6 is 0 Å². The molecule has 0 radical (unpaired) electrons. The lowest BCUT2D eigenvalue weighted by Crippen LogP contribution is -2.01. The van der Waals surface area contributed by atoms with Gasteiger partial charge in [0.1, 0.15) is 0 Å². The Morgan fingerprint density at radius 1 is 0.269 bits per heavy atom. The fourth-order valence-corrected chi connectivity index (χ4v) is 5.95. The molecule has 0 N–H and O–H groups in total. The lowest BCUT2D eigenvalue weighted by atomic mass is 9.99. The molecule has 5 aromatic heterocycles. The van der Waals surface area contributed by atoms with Crippen molar-refractivity contribution in [1.29, 1.82) is 0 Å². The molecule has 7 nitrogen and oxygen atoms in total. The highest BCUT2D eigenvalue weighted by Gasteiger charge is 2.16. The smallest absolute Gasteiger partial charge is 0.164 e. The second-order valence-electron chi connectivity index (χ2n) is 13.1. The molecule has 8 rings (SSSR count).